The van der Waals surface area contributed by atoms with E-state index in [1.165, 1.54) is 5.56 Å². The molecular formula is C12H20N2S. The zero-order valence-electron chi connectivity index (χ0n) is 10.0. The number of pyridine rings is 1. The van der Waals surface area contributed by atoms with Crippen molar-refractivity contribution in [1.29, 1.82) is 0 Å². The monoisotopic (exact) mass is 224 g/mol. The molecule has 0 saturated heterocycles. The number of nitrogens with one attached hydrogen (secondary N) is 1. The van der Waals surface area contributed by atoms with Gasteiger partial charge in [-0.15, -0.1) is 11.8 Å². The lowest BCUT2D eigenvalue weighted by molar-refractivity contribution is 0.616. The summed E-state index contributed by atoms with van der Waals surface area (Å²) in [7, 11) is 0. The molecule has 3 heteroatoms. The number of aromatic nitrogens is 1. The quantitative estimate of drug-likeness (QED) is 0.615. The van der Waals surface area contributed by atoms with Crippen LogP contribution in [0.1, 0.15) is 25.1 Å². The molecule has 0 saturated carbocycles. The standard InChI is InChI=1S/C12H20N2S/c1-9(2)13-5-6-15-12-8-10(3)7-11(4)14-12/h7-9,13H,5-6H2,1-4H3. The predicted octanol–water partition coefficient (Wildman–Crippen LogP) is 2.79. The third-order valence-corrected chi connectivity index (χ3v) is 2.89. The number of hydrogen-bond donors (Lipinski definition) is 1. The molecule has 1 N–H and O–H groups in total. The Morgan fingerprint density at radius 2 is 2.07 bits per heavy atom. The van der Waals surface area contributed by atoms with Gasteiger partial charge >= 0.3 is 0 Å². The van der Waals surface area contributed by atoms with Crippen molar-refractivity contribution in [1.82, 2.24) is 10.3 Å². The van der Waals surface area contributed by atoms with E-state index in [9.17, 15) is 0 Å². The molecule has 1 aromatic rings. The Morgan fingerprint density at radius 3 is 2.67 bits per heavy atom. The fourth-order valence-corrected chi connectivity index (χ4v) is 2.29. The third kappa shape index (κ3) is 5.19. The van der Waals surface area contributed by atoms with Gasteiger partial charge < -0.3 is 5.32 Å². The van der Waals surface area contributed by atoms with Crippen LogP contribution in [-0.2, 0) is 0 Å². The van der Waals surface area contributed by atoms with Crippen molar-refractivity contribution in [2.24, 2.45) is 0 Å². The summed E-state index contributed by atoms with van der Waals surface area (Å²) in [6.45, 7) is 9.53. The van der Waals surface area contributed by atoms with Gasteiger partial charge in [0.1, 0.15) is 0 Å². The van der Waals surface area contributed by atoms with Gasteiger partial charge in [-0.05, 0) is 31.5 Å². The minimum atomic E-state index is 0.567. The summed E-state index contributed by atoms with van der Waals surface area (Å²) < 4.78 is 0. The highest BCUT2D eigenvalue weighted by molar-refractivity contribution is 7.99. The smallest absolute Gasteiger partial charge is 0.0966 e. The summed E-state index contributed by atoms with van der Waals surface area (Å²) >= 11 is 1.82. The molecule has 0 bridgehead atoms. The average molecular weight is 224 g/mol. The summed E-state index contributed by atoms with van der Waals surface area (Å²) in [4.78, 5) is 4.49. The Bertz CT molecular complexity index is 290. The van der Waals surface area contributed by atoms with Crippen LogP contribution >= 0.6 is 11.8 Å². The van der Waals surface area contributed by atoms with Crippen LogP contribution in [0.4, 0.5) is 0 Å². The maximum absolute atomic E-state index is 4.49. The van der Waals surface area contributed by atoms with Crippen LogP contribution in [0.25, 0.3) is 0 Å². The summed E-state index contributed by atoms with van der Waals surface area (Å²) in [5.74, 6) is 1.08. The highest BCUT2D eigenvalue weighted by Gasteiger charge is 1.98. The first-order chi connectivity index (χ1) is 7.08. The molecule has 84 valence electrons. The normalized spacial score (nSPS) is 11.0. The number of rotatable bonds is 5. The number of thioether (sulfide) groups is 1. The van der Waals surface area contributed by atoms with Gasteiger partial charge in [0.2, 0.25) is 0 Å². The third-order valence-electron chi connectivity index (χ3n) is 1.98. The Balaban J connectivity index is 2.37. The van der Waals surface area contributed by atoms with Crippen LogP contribution in [0.3, 0.4) is 0 Å². The molecule has 1 aromatic heterocycles. The van der Waals surface area contributed by atoms with Crippen molar-refractivity contribution in [2.45, 2.75) is 38.8 Å². The summed E-state index contributed by atoms with van der Waals surface area (Å²) in [6, 6.07) is 4.82. The zero-order valence-corrected chi connectivity index (χ0v) is 10.8. The molecule has 0 fully saturated rings. The van der Waals surface area contributed by atoms with E-state index >= 15 is 0 Å². The number of hydrogen-bond acceptors (Lipinski definition) is 3. The first kappa shape index (κ1) is 12.5. The first-order valence-electron chi connectivity index (χ1n) is 5.39. The molecule has 0 amide bonds. The van der Waals surface area contributed by atoms with Crippen molar-refractivity contribution in [3.63, 3.8) is 0 Å². The van der Waals surface area contributed by atoms with E-state index in [2.05, 4.69) is 43.2 Å². The largest absolute Gasteiger partial charge is 0.314 e. The Kier molecular flexibility index (Phi) is 5.12. The van der Waals surface area contributed by atoms with Gasteiger partial charge in [0.15, 0.2) is 0 Å². The highest BCUT2D eigenvalue weighted by atomic mass is 32.2. The van der Waals surface area contributed by atoms with Crippen LogP contribution in [0.2, 0.25) is 0 Å². The predicted molar refractivity (Wildman–Crippen MR) is 67.6 cm³/mol. The molecule has 0 radical (unpaired) electrons. The fraction of sp³-hybridized carbons (Fsp3) is 0.583. The minimum Gasteiger partial charge on any atom is -0.314 e. The Hall–Kier alpha value is -0.540. The molecular weight excluding hydrogens is 204 g/mol. The van der Waals surface area contributed by atoms with Gasteiger partial charge in [0, 0.05) is 24.0 Å². The van der Waals surface area contributed by atoms with Crippen LogP contribution in [-0.4, -0.2) is 23.3 Å². The summed E-state index contributed by atoms with van der Waals surface area (Å²) in [5.41, 5.74) is 2.40. The molecule has 2 nitrogen and oxygen atoms in total. The van der Waals surface area contributed by atoms with Crippen LogP contribution < -0.4 is 5.32 Å². The molecule has 1 rings (SSSR count). The second-order valence-corrected chi connectivity index (χ2v) is 5.20. The maximum Gasteiger partial charge on any atom is 0.0966 e. The molecule has 0 unspecified atom stereocenters. The van der Waals surface area contributed by atoms with E-state index in [1.807, 2.05) is 18.7 Å². The van der Waals surface area contributed by atoms with Gasteiger partial charge in [-0.25, -0.2) is 4.98 Å². The molecule has 0 aromatic carbocycles. The van der Waals surface area contributed by atoms with E-state index in [0.717, 1.165) is 23.0 Å². The molecule has 0 atom stereocenters. The van der Waals surface area contributed by atoms with Gasteiger partial charge in [-0.3, -0.25) is 0 Å². The molecule has 0 aliphatic carbocycles. The van der Waals surface area contributed by atoms with E-state index < -0.39 is 0 Å². The lowest BCUT2D eigenvalue weighted by atomic mass is 10.3. The summed E-state index contributed by atoms with van der Waals surface area (Å²) in [6.07, 6.45) is 0. The van der Waals surface area contributed by atoms with Gasteiger partial charge in [0.05, 0.1) is 5.03 Å². The Labute approximate surface area is 96.9 Å². The van der Waals surface area contributed by atoms with Gasteiger partial charge in [-0.2, -0.15) is 0 Å². The highest BCUT2D eigenvalue weighted by Crippen LogP contribution is 2.16. The van der Waals surface area contributed by atoms with Gasteiger partial charge in [0.25, 0.3) is 0 Å². The second kappa shape index (κ2) is 6.13. The lowest BCUT2D eigenvalue weighted by Crippen LogP contribution is -2.24. The lowest BCUT2D eigenvalue weighted by Gasteiger charge is -2.07. The number of nitrogens with zero attached hydrogens (tertiary/aromatic N) is 1. The van der Waals surface area contributed by atoms with E-state index in [1.54, 1.807) is 0 Å². The van der Waals surface area contributed by atoms with Crippen molar-refractivity contribution in [2.75, 3.05) is 12.3 Å². The minimum absolute atomic E-state index is 0.567. The number of aryl methyl sites for hydroxylation is 2. The van der Waals surface area contributed by atoms with Crippen molar-refractivity contribution in [3.05, 3.63) is 23.4 Å². The first-order valence-corrected chi connectivity index (χ1v) is 6.38. The molecule has 15 heavy (non-hydrogen) atoms. The van der Waals surface area contributed by atoms with Crippen molar-refractivity contribution >= 4 is 11.8 Å². The molecule has 0 spiro atoms. The Morgan fingerprint density at radius 1 is 1.33 bits per heavy atom. The van der Waals surface area contributed by atoms with Crippen molar-refractivity contribution in [3.8, 4) is 0 Å². The maximum atomic E-state index is 4.49. The SMILES string of the molecule is Cc1cc(C)nc(SCCNC(C)C)c1. The second-order valence-electron chi connectivity index (χ2n) is 4.08. The van der Waals surface area contributed by atoms with Gasteiger partial charge in [-0.1, -0.05) is 13.8 Å². The molecule has 0 aliphatic heterocycles. The van der Waals surface area contributed by atoms with Crippen LogP contribution in [0, 0.1) is 13.8 Å². The zero-order chi connectivity index (χ0) is 11.3. The van der Waals surface area contributed by atoms with Crippen molar-refractivity contribution < 1.29 is 0 Å². The van der Waals surface area contributed by atoms with Crippen LogP contribution in [0.5, 0.6) is 0 Å². The fourth-order valence-electron chi connectivity index (χ4n) is 1.38. The average Bonchev–Trinajstić information content (AvgIpc) is 2.10. The molecule has 0 aliphatic rings. The van der Waals surface area contributed by atoms with E-state index in [-0.39, 0.29) is 0 Å². The topological polar surface area (TPSA) is 24.9 Å². The molecule has 1 heterocycles. The summed E-state index contributed by atoms with van der Waals surface area (Å²) in [5, 5.41) is 4.53. The van der Waals surface area contributed by atoms with Crippen LogP contribution in [0.15, 0.2) is 17.2 Å². The van der Waals surface area contributed by atoms with E-state index in [0.29, 0.717) is 6.04 Å². The van der Waals surface area contributed by atoms with E-state index in [4.69, 9.17) is 0 Å².